The summed E-state index contributed by atoms with van der Waals surface area (Å²) in [7, 11) is 1.75. The standard InChI is InChI=1S/C27H29F3N6O5S/c1-35-26(32-33-34-35)42-15-20-13-22(17-6-4-16(14-37)5-7-17)41-24(40-20)18-8-10-19(11-9-18)31-23(38)21-3-2-12-36(21)25(39)27(28,29)30/h4-11,20-22,24,37H,2-3,12-15H2,1H3,(H,31,38)/t20-,21+,22+,24+/m1/s1. The molecule has 1 aromatic heterocycles. The van der Waals surface area contributed by atoms with Gasteiger partial charge in [0.2, 0.25) is 11.1 Å². The summed E-state index contributed by atoms with van der Waals surface area (Å²) in [5.41, 5.74) is 2.75. The van der Waals surface area contributed by atoms with Crippen LogP contribution in [0.25, 0.3) is 0 Å². The number of carbonyl (C=O) groups excluding carboxylic acids is 2. The van der Waals surface area contributed by atoms with Gasteiger partial charge < -0.3 is 24.8 Å². The SMILES string of the molecule is Cn1nnnc1SC[C@H]1C[C@@H](c2ccc(CO)cc2)O[C@@H](c2ccc(NC(=O)[C@@H]3CCCN3C(=O)C(F)(F)F)cc2)O1. The Bertz CT molecular complexity index is 1390. The van der Waals surface area contributed by atoms with Crippen molar-refractivity contribution >= 4 is 29.3 Å². The molecule has 2 N–H and O–H groups in total. The van der Waals surface area contributed by atoms with Gasteiger partial charge in [0.25, 0.3) is 0 Å². The smallest absolute Gasteiger partial charge is 0.392 e. The summed E-state index contributed by atoms with van der Waals surface area (Å²) in [5, 5.41) is 24.2. The predicted octanol–water partition coefficient (Wildman–Crippen LogP) is 3.53. The van der Waals surface area contributed by atoms with E-state index >= 15 is 0 Å². The summed E-state index contributed by atoms with van der Waals surface area (Å²) in [5.74, 6) is -2.13. The first-order chi connectivity index (χ1) is 20.1. The second kappa shape index (κ2) is 12.8. The van der Waals surface area contributed by atoms with Crippen molar-refractivity contribution in [3.8, 4) is 0 Å². The van der Waals surface area contributed by atoms with Gasteiger partial charge in [0.05, 0.1) is 18.8 Å². The second-order valence-corrected chi connectivity index (χ2v) is 11.0. The Hall–Kier alpha value is -3.53. The van der Waals surface area contributed by atoms with E-state index in [-0.39, 0.29) is 31.8 Å². The van der Waals surface area contributed by atoms with Crippen LogP contribution in [-0.2, 0) is 32.7 Å². The topological polar surface area (TPSA) is 132 Å². The van der Waals surface area contributed by atoms with E-state index in [1.807, 2.05) is 24.3 Å². The fraction of sp³-hybridized carbons (Fsp3) is 0.444. The van der Waals surface area contributed by atoms with Crippen LogP contribution in [0.4, 0.5) is 18.9 Å². The van der Waals surface area contributed by atoms with Crippen LogP contribution in [0.5, 0.6) is 0 Å². The van der Waals surface area contributed by atoms with E-state index in [4.69, 9.17) is 9.47 Å². The zero-order valence-electron chi connectivity index (χ0n) is 22.5. The number of carbonyl (C=O) groups is 2. The number of aromatic nitrogens is 4. The minimum atomic E-state index is -5.04. The average molecular weight is 607 g/mol. The Labute approximate surface area is 243 Å². The fourth-order valence-corrected chi connectivity index (χ4v) is 5.80. The molecule has 0 bridgehead atoms. The number of likely N-dealkylation sites (tertiary alicyclic amines) is 1. The zero-order valence-corrected chi connectivity index (χ0v) is 23.3. The number of nitrogens with zero attached hydrogens (tertiary/aromatic N) is 5. The molecular formula is C27H29F3N6O5S. The number of tetrazole rings is 1. The first-order valence-corrected chi connectivity index (χ1v) is 14.3. The third kappa shape index (κ3) is 6.91. The van der Waals surface area contributed by atoms with Gasteiger partial charge in [0, 0.05) is 37.0 Å². The number of anilines is 1. The molecule has 3 aromatic rings. The predicted molar refractivity (Wildman–Crippen MR) is 144 cm³/mol. The van der Waals surface area contributed by atoms with Crippen LogP contribution >= 0.6 is 11.8 Å². The molecule has 0 spiro atoms. The number of amides is 2. The number of benzene rings is 2. The number of aliphatic hydroxyl groups excluding tert-OH is 1. The van der Waals surface area contributed by atoms with Crippen LogP contribution in [0, 0.1) is 0 Å². The van der Waals surface area contributed by atoms with Crippen LogP contribution in [0.3, 0.4) is 0 Å². The maximum atomic E-state index is 13.0. The molecule has 2 fully saturated rings. The van der Waals surface area contributed by atoms with Crippen molar-refractivity contribution in [2.45, 2.75) is 61.7 Å². The summed E-state index contributed by atoms with van der Waals surface area (Å²) in [4.78, 5) is 25.1. The van der Waals surface area contributed by atoms with E-state index in [1.165, 1.54) is 11.8 Å². The van der Waals surface area contributed by atoms with E-state index in [0.29, 0.717) is 39.9 Å². The Morgan fingerprint density at radius 3 is 2.45 bits per heavy atom. The number of rotatable bonds is 8. The summed E-state index contributed by atoms with van der Waals surface area (Å²) in [6.45, 7) is -0.189. The van der Waals surface area contributed by atoms with Crippen LogP contribution in [0.15, 0.2) is 53.7 Å². The van der Waals surface area contributed by atoms with Crippen LogP contribution in [0.1, 0.15) is 48.3 Å². The molecule has 3 heterocycles. The number of hydrogen-bond acceptors (Lipinski definition) is 9. The summed E-state index contributed by atoms with van der Waals surface area (Å²) in [6, 6.07) is 12.9. The Balaban J connectivity index is 1.28. The van der Waals surface area contributed by atoms with Crippen LogP contribution < -0.4 is 5.32 Å². The van der Waals surface area contributed by atoms with Gasteiger partial charge in [0.15, 0.2) is 6.29 Å². The average Bonchev–Trinajstić information content (AvgIpc) is 3.64. The maximum absolute atomic E-state index is 13.0. The number of thioether (sulfide) groups is 1. The van der Waals surface area contributed by atoms with Gasteiger partial charge in [-0.3, -0.25) is 9.59 Å². The summed E-state index contributed by atoms with van der Waals surface area (Å²) >= 11 is 1.45. The number of alkyl halides is 3. The lowest BCUT2D eigenvalue weighted by atomic mass is 10.0. The van der Waals surface area contributed by atoms with Crippen LogP contribution in [0.2, 0.25) is 0 Å². The largest absolute Gasteiger partial charge is 0.471 e. The third-order valence-corrected chi connectivity index (χ3v) is 8.25. The Morgan fingerprint density at radius 1 is 1.10 bits per heavy atom. The highest BCUT2D eigenvalue weighted by Crippen LogP contribution is 2.39. The lowest BCUT2D eigenvalue weighted by Gasteiger charge is -2.36. The zero-order chi connectivity index (χ0) is 29.9. The molecule has 15 heteroatoms. The van der Waals surface area contributed by atoms with Crippen molar-refractivity contribution in [2.75, 3.05) is 17.6 Å². The molecule has 0 aliphatic carbocycles. The number of aryl methyl sites for hydroxylation is 1. The minimum absolute atomic E-state index is 0.0666. The van der Waals surface area contributed by atoms with E-state index in [2.05, 4.69) is 20.8 Å². The number of aliphatic hydroxyl groups is 1. The number of halogens is 3. The summed E-state index contributed by atoms with van der Waals surface area (Å²) < 4.78 is 53.0. The van der Waals surface area contributed by atoms with Crippen molar-refractivity contribution in [1.29, 1.82) is 0 Å². The second-order valence-electron chi connectivity index (χ2n) is 10.0. The Morgan fingerprint density at radius 2 is 1.81 bits per heavy atom. The molecule has 2 amide bonds. The minimum Gasteiger partial charge on any atom is -0.392 e. The molecule has 0 unspecified atom stereocenters. The highest BCUT2D eigenvalue weighted by molar-refractivity contribution is 7.99. The monoisotopic (exact) mass is 606 g/mol. The van der Waals surface area contributed by atoms with Gasteiger partial charge in [0.1, 0.15) is 6.04 Å². The fourth-order valence-electron chi connectivity index (χ4n) is 4.93. The molecule has 5 rings (SSSR count). The first-order valence-electron chi connectivity index (χ1n) is 13.3. The van der Waals surface area contributed by atoms with Gasteiger partial charge in [-0.15, -0.1) is 5.10 Å². The van der Waals surface area contributed by atoms with Crippen LogP contribution in [-0.4, -0.2) is 72.6 Å². The molecule has 11 nitrogen and oxygen atoms in total. The summed E-state index contributed by atoms with van der Waals surface area (Å²) in [6.07, 6.45) is -5.29. The highest BCUT2D eigenvalue weighted by Gasteiger charge is 2.47. The lowest BCUT2D eigenvalue weighted by molar-refractivity contribution is -0.245. The van der Waals surface area contributed by atoms with Gasteiger partial charge in [-0.1, -0.05) is 48.2 Å². The van der Waals surface area contributed by atoms with E-state index < -0.39 is 30.3 Å². The van der Waals surface area contributed by atoms with Gasteiger partial charge in [-0.2, -0.15) is 13.2 Å². The molecule has 42 heavy (non-hydrogen) atoms. The van der Waals surface area contributed by atoms with Crippen molar-refractivity contribution in [3.05, 3.63) is 65.2 Å². The molecule has 4 atom stereocenters. The molecule has 2 aromatic carbocycles. The van der Waals surface area contributed by atoms with Crippen molar-refractivity contribution < 1.29 is 37.3 Å². The molecule has 2 aliphatic rings. The molecular weight excluding hydrogens is 577 g/mol. The highest BCUT2D eigenvalue weighted by atomic mass is 32.2. The van der Waals surface area contributed by atoms with E-state index in [1.54, 1.807) is 36.0 Å². The molecule has 2 saturated heterocycles. The van der Waals surface area contributed by atoms with E-state index in [9.17, 15) is 27.9 Å². The Kier molecular flexibility index (Phi) is 9.11. The maximum Gasteiger partial charge on any atom is 0.471 e. The van der Waals surface area contributed by atoms with Crippen molar-refractivity contribution in [1.82, 2.24) is 25.1 Å². The molecule has 0 saturated carbocycles. The van der Waals surface area contributed by atoms with Crippen molar-refractivity contribution in [3.63, 3.8) is 0 Å². The normalized spacial score (nSPS) is 22.7. The molecule has 0 radical (unpaired) electrons. The molecule has 224 valence electrons. The quantitative estimate of drug-likeness (QED) is 0.370. The number of nitrogens with one attached hydrogen (secondary N) is 1. The third-order valence-electron chi connectivity index (χ3n) is 7.10. The number of ether oxygens (including phenoxy) is 2. The van der Waals surface area contributed by atoms with Gasteiger partial charge in [-0.25, -0.2) is 4.68 Å². The van der Waals surface area contributed by atoms with E-state index in [0.717, 1.165) is 11.1 Å². The number of hydrogen-bond donors (Lipinski definition) is 2. The van der Waals surface area contributed by atoms with Gasteiger partial charge >= 0.3 is 12.1 Å². The first kappa shape index (κ1) is 29.9. The van der Waals surface area contributed by atoms with Crippen molar-refractivity contribution in [2.24, 2.45) is 7.05 Å². The van der Waals surface area contributed by atoms with Gasteiger partial charge in [-0.05, 0) is 46.5 Å². The lowest BCUT2D eigenvalue weighted by Crippen LogP contribution is -2.48. The molecule has 2 aliphatic heterocycles.